The summed E-state index contributed by atoms with van der Waals surface area (Å²) in [6, 6.07) is 2.35. The molecule has 1 aromatic heterocycles. The van der Waals surface area contributed by atoms with Crippen LogP contribution in [0.3, 0.4) is 0 Å². The van der Waals surface area contributed by atoms with E-state index in [1.165, 1.54) is 12.8 Å². The van der Waals surface area contributed by atoms with Crippen molar-refractivity contribution in [3.8, 4) is 5.88 Å². The van der Waals surface area contributed by atoms with Crippen molar-refractivity contribution in [2.45, 2.75) is 25.8 Å². The molecule has 2 heterocycles. The van der Waals surface area contributed by atoms with Crippen molar-refractivity contribution in [1.82, 2.24) is 15.3 Å². The normalized spacial score (nSPS) is 19.7. The summed E-state index contributed by atoms with van der Waals surface area (Å²) in [6.45, 7) is 3.97. The van der Waals surface area contributed by atoms with Gasteiger partial charge in [-0.25, -0.2) is 4.98 Å². The molecule has 94 valence electrons. The summed E-state index contributed by atoms with van der Waals surface area (Å²) in [4.78, 5) is 11.2. The minimum Gasteiger partial charge on any atom is -0.481 e. The third-order valence-electron chi connectivity index (χ3n) is 3.10. The molecule has 0 amide bonds. The molecule has 1 aliphatic rings. The number of aryl methyl sites for hydroxylation is 1. The van der Waals surface area contributed by atoms with Crippen LogP contribution in [0.15, 0.2) is 6.07 Å². The topological polar surface area (TPSA) is 50.3 Å². The van der Waals surface area contributed by atoms with Gasteiger partial charge in [-0.15, -0.1) is 0 Å². The number of ether oxygens (including phenoxy) is 1. The van der Waals surface area contributed by atoms with Gasteiger partial charge in [-0.05, 0) is 26.8 Å². The van der Waals surface area contributed by atoms with Crippen LogP contribution in [0.5, 0.6) is 5.88 Å². The third kappa shape index (κ3) is 2.66. The lowest BCUT2D eigenvalue weighted by atomic mass is 10.2. The van der Waals surface area contributed by atoms with Crippen molar-refractivity contribution >= 4 is 5.95 Å². The molecular formula is C12H20N4O. The fraction of sp³-hybridized carbons (Fsp3) is 0.667. The quantitative estimate of drug-likeness (QED) is 0.844. The van der Waals surface area contributed by atoms with Crippen LogP contribution < -0.4 is 15.0 Å². The second kappa shape index (κ2) is 5.31. The Balaban J connectivity index is 2.23. The van der Waals surface area contributed by atoms with Crippen LogP contribution in [0.1, 0.15) is 18.5 Å². The maximum Gasteiger partial charge on any atom is 0.229 e. The predicted octanol–water partition coefficient (Wildman–Crippen LogP) is 0.982. The molecule has 5 nitrogen and oxygen atoms in total. The van der Waals surface area contributed by atoms with Crippen LogP contribution in [-0.4, -0.2) is 43.3 Å². The van der Waals surface area contributed by atoms with Crippen molar-refractivity contribution < 1.29 is 4.74 Å². The van der Waals surface area contributed by atoms with Gasteiger partial charge in [0.05, 0.1) is 7.11 Å². The average Bonchev–Trinajstić information content (AvgIpc) is 2.77. The molecule has 0 aromatic carbocycles. The first kappa shape index (κ1) is 12.1. The highest BCUT2D eigenvalue weighted by Crippen LogP contribution is 2.24. The van der Waals surface area contributed by atoms with Crippen LogP contribution in [-0.2, 0) is 0 Å². The van der Waals surface area contributed by atoms with Crippen molar-refractivity contribution in [2.75, 3.05) is 32.1 Å². The molecule has 17 heavy (non-hydrogen) atoms. The molecule has 1 aliphatic heterocycles. The summed E-state index contributed by atoms with van der Waals surface area (Å²) in [5, 5.41) is 3.22. The fourth-order valence-corrected chi connectivity index (χ4v) is 2.30. The molecule has 1 saturated heterocycles. The third-order valence-corrected chi connectivity index (χ3v) is 3.10. The maximum atomic E-state index is 5.20. The molecule has 5 heteroatoms. The van der Waals surface area contributed by atoms with Crippen molar-refractivity contribution in [1.29, 1.82) is 0 Å². The number of rotatable bonds is 4. The van der Waals surface area contributed by atoms with Gasteiger partial charge < -0.3 is 15.0 Å². The number of nitrogens with one attached hydrogen (secondary N) is 1. The van der Waals surface area contributed by atoms with E-state index in [9.17, 15) is 0 Å². The second-order valence-electron chi connectivity index (χ2n) is 4.40. The summed E-state index contributed by atoms with van der Waals surface area (Å²) in [5.74, 6) is 1.43. The Morgan fingerprint density at radius 2 is 2.35 bits per heavy atom. The Labute approximate surface area is 102 Å². The predicted molar refractivity (Wildman–Crippen MR) is 67.6 cm³/mol. The zero-order valence-corrected chi connectivity index (χ0v) is 10.7. The monoisotopic (exact) mass is 236 g/mol. The highest BCUT2D eigenvalue weighted by molar-refractivity contribution is 5.37. The summed E-state index contributed by atoms with van der Waals surface area (Å²) < 4.78 is 5.20. The summed E-state index contributed by atoms with van der Waals surface area (Å²) >= 11 is 0. The van der Waals surface area contributed by atoms with E-state index in [0.717, 1.165) is 24.7 Å². The highest BCUT2D eigenvalue weighted by atomic mass is 16.5. The van der Waals surface area contributed by atoms with E-state index in [1.54, 1.807) is 7.11 Å². The molecule has 2 rings (SSSR count). The Hall–Kier alpha value is -1.36. The number of anilines is 1. The zero-order valence-electron chi connectivity index (χ0n) is 10.7. The first-order valence-corrected chi connectivity index (χ1v) is 6.05. The number of hydrogen-bond donors (Lipinski definition) is 1. The molecule has 0 spiro atoms. The maximum absolute atomic E-state index is 5.20. The zero-order chi connectivity index (χ0) is 12.3. The molecule has 1 N–H and O–H groups in total. The smallest absolute Gasteiger partial charge is 0.229 e. The lowest BCUT2D eigenvalue weighted by Crippen LogP contribution is -2.37. The molecule has 1 atom stereocenters. The lowest BCUT2D eigenvalue weighted by molar-refractivity contribution is 0.396. The van der Waals surface area contributed by atoms with Gasteiger partial charge in [0.2, 0.25) is 11.8 Å². The van der Waals surface area contributed by atoms with E-state index in [0.29, 0.717) is 11.9 Å². The van der Waals surface area contributed by atoms with Gasteiger partial charge in [-0.3, -0.25) is 0 Å². The van der Waals surface area contributed by atoms with Crippen LogP contribution in [0.2, 0.25) is 0 Å². The first-order chi connectivity index (χ1) is 8.24. The van der Waals surface area contributed by atoms with Gasteiger partial charge in [-0.2, -0.15) is 4.98 Å². The Morgan fingerprint density at radius 3 is 3.06 bits per heavy atom. The standard InChI is InChI=1S/C12H20N4O/c1-9-7-11(17-3)15-12(14-9)16-6-4-5-10(16)8-13-2/h7,10,13H,4-6,8H2,1-3H3. The number of likely N-dealkylation sites (N-methyl/N-ethyl adjacent to an activating group) is 1. The molecule has 1 aromatic rings. The van der Waals surface area contributed by atoms with Crippen LogP contribution >= 0.6 is 0 Å². The lowest BCUT2D eigenvalue weighted by Gasteiger charge is -2.24. The van der Waals surface area contributed by atoms with Gasteiger partial charge in [0.25, 0.3) is 0 Å². The van der Waals surface area contributed by atoms with E-state index >= 15 is 0 Å². The van der Waals surface area contributed by atoms with Crippen LogP contribution in [0, 0.1) is 6.92 Å². The largest absolute Gasteiger partial charge is 0.481 e. The molecule has 0 aliphatic carbocycles. The minimum absolute atomic E-state index is 0.492. The first-order valence-electron chi connectivity index (χ1n) is 6.05. The van der Waals surface area contributed by atoms with E-state index in [2.05, 4.69) is 20.2 Å². The van der Waals surface area contributed by atoms with Gasteiger partial charge in [-0.1, -0.05) is 0 Å². The van der Waals surface area contributed by atoms with Crippen molar-refractivity contribution in [3.63, 3.8) is 0 Å². The Morgan fingerprint density at radius 1 is 1.53 bits per heavy atom. The SMILES string of the molecule is CNCC1CCCN1c1nc(C)cc(OC)n1. The van der Waals surface area contributed by atoms with E-state index in [4.69, 9.17) is 4.74 Å². The molecule has 0 saturated carbocycles. The van der Waals surface area contributed by atoms with Crippen molar-refractivity contribution in [2.24, 2.45) is 0 Å². The Bertz CT molecular complexity index is 383. The molecule has 0 bridgehead atoms. The molecular weight excluding hydrogens is 216 g/mol. The van der Waals surface area contributed by atoms with E-state index in [-0.39, 0.29) is 0 Å². The summed E-state index contributed by atoms with van der Waals surface area (Å²) in [5.41, 5.74) is 0.946. The van der Waals surface area contributed by atoms with Crippen molar-refractivity contribution in [3.05, 3.63) is 11.8 Å². The number of methoxy groups -OCH3 is 1. The molecule has 0 radical (unpaired) electrons. The minimum atomic E-state index is 0.492. The molecule has 1 fully saturated rings. The summed E-state index contributed by atoms with van der Waals surface area (Å²) in [7, 11) is 3.62. The van der Waals surface area contributed by atoms with Gasteiger partial charge in [0.1, 0.15) is 0 Å². The van der Waals surface area contributed by atoms with Crippen LogP contribution in [0.25, 0.3) is 0 Å². The Kier molecular flexibility index (Phi) is 3.78. The second-order valence-corrected chi connectivity index (χ2v) is 4.40. The van der Waals surface area contributed by atoms with Crippen LogP contribution in [0.4, 0.5) is 5.95 Å². The van der Waals surface area contributed by atoms with E-state index < -0.39 is 0 Å². The van der Waals surface area contributed by atoms with Gasteiger partial charge in [0.15, 0.2) is 0 Å². The number of nitrogens with zero attached hydrogens (tertiary/aromatic N) is 3. The van der Waals surface area contributed by atoms with Gasteiger partial charge >= 0.3 is 0 Å². The number of aromatic nitrogens is 2. The van der Waals surface area contributed by atoms with Gasteiger partial charge in [0, 0.05) is 30.9 Å². The molecule has 1 unspecified atom stereocenters. The average molecular weight is 236 g/mol. The summed E-state index contributed by atoms with van der Waals surface area (Å²) in [6.07, 6.45) is 2.40. The highest BCUT2D eigenvalue weighted by Gasteiger charge is 2.26. The number of hydrogen-bond acceptors (Lipinski definition) is 5. The fourth-order valence-electron chi connectivity index (χ4n) is 2.30. The van der Waals surface area contributed by atoms with E-state index in [1.807, 2.05) is 20.0 Å².